The number of nitrogens with one attached hydrogen (secondary N) is 1. The maximum absolute atomic E-state index is 11.8. The zero-order valence-electron chi connectivity index (χ0n) is 12.3. The molecular formula is C17H18ClNO3. The van der Waals surface area contributed by atoms with Gasteiger partial charge in [0.15, 0.2) is 6.61 Å². The molecule has 0 aliphatic heterocycles. The van der Waals surface area contributed by atoms with E-state index in [1.807, 2.05) is 30.3 Å². The fraction of sp³-hybridized carbons (Fsp3) is 0.235. The van der Waals surface area contributed by atoms with Crippen molar-refractivity contribution in [1.82, 2.24) is 5.32 Å². The summed E-state index contributed by atoms with van der Waals surface area (Å²) in [6.07, 6.45) is -0.180. The molecule has 22 heavy (non-hydrogen) atoms. The lowest BCUT2D eigenvalue weighted by atomic mass is 10.1. The molecule has 0 aromatic heterocycles. The van der Waals surface area contributed by atoms with Gasteiger partial charge in [-0.1, -0.05) is 41.9 Å². The Hall–Kier alpha value is -2.04. The van der Waals surface area contributed by atoms with Gasteiger partial charge in [0.1, 0.15) is 5.75 Å². The molecule has 4 nitrogen and oxygen atoms in total. The third-order valence-electron chi connectivity index (χ3n) is 3.12. The van der Waals surface area contributed by atoms with E-state index in [9.17, 15) is 4.79 Å². The van der Waals surface area contributed by atoms with Crippen LogP contribution in [0.3, 0.4) is 0 Å². The van der Waals surface area contributed by atoms with Gasteiger partial charge in [0.2, 0.25) is 0 Å². The zero-order chi connectivity index (χ0) is 15.8. The van der Waals surface area contributed by atoms with E-state index in [0.29, 0.717) is 17.3 Å². The van der Waals surface area contributed by atoms with Crippen molar-refractivity contribution in [3.05, 3.63) is 65.2 Å². The van der Waals surface area contributed by atoms with Gasteiger partial charge in [-0.3, -0.25) is 4.79 Å². The fourth-order valence-electron chi connectivity index (χ4n) is 1.94. The highest BCUT2D eigenvalue weighted by molar-refractivity contribution is 6.30. The Balaban J connectivity index is 1.78. The molecule has 0 radical (unpaired) electrons. The molecule has 0 bridgehead atoms. The fourth-order valence-corrected chi connectivity index (χ4v) is 2.07. The summed E-state index contributed by atoms with van der Waals surface area (Å²) in [6.45, 7) is 0.343. The molecular weight excluding hydrogens is 302 g/mol. The van der Waals surface area contributed by atoms with E-state index in [1.54, 1.807) is 31.4 Å². The number of carbonyl (C=O) groups excluding carboxylic acids is 1. The van der Waals surface area contributed by atoms with Crippen LogP contribution in [-0.2, 0) is 9.53 Å². The Bertz CT molecular complexity index is 587. The highest BCUT2D eigenvalue weighted by atomic mass is 35.5. The van der Waals surface area contributed by atoms with E-state index in [2.05, 4.69) is 5.32 Å². The molecule has 0 saturated carbocycles. The van der Waals surface area contributed by atoms with Gasteiger partial charge in [0.25, 0.3) is 5.91 Å². The van der Waals surface area contributed by atoms with E-state index >= 15 is 0 Å². The van der Waals surface area contributed by atoms with Crippen molar-refractivity contribution >= 4 is 17.5 Å². The predicted molar refractivity (Wildman–Crippen MR) is 86.1 cm³/mol. The number of carbonyl (C=O) groups is 1. The summed E-state index contributed by atoms with van der Waals surface area (Å²) in [5.74, 6) is 0.402. The first-order valence-electron chi connectivity index (χ1n) is 6.92. The predicted octanol–water partition coefficient (Wildman–Crippen LogP) is 3.22. The number of halogens is 1. The average molecular weight is 320 g/mol. The van der Waals surface area contributed by atoms with Crippen molar-refractivity contribution in [2.45, 2.75) is 6.10 Å². The Morgan fingerprint density at radius 1 is 1.14 bits per heavy atom. The van der Waals surface area contributed by atoms with Crippen LogP contribution in [0.15, 0.2) is 54.6 Å². The topological polar surface area (TPSA) is 47.6 Å². The van der Waals surface area contributed by atoms with Crippen molar-refractivity contribution < 1.29 is 14.3 Å². The van der Waals surface area contributed by atoms with Gasteiger partial charge in [0.05, 0.1) is 6.10 Å². The second-order valence-corrected chi connectivity index (χ2v) is 5.12. The second kappa shape index (κ2) is 8.41. The summed E-state index contributed by atoms with van der Waals surface area (Å²) < 4.78 is 10.8. The SMILES string of the molecule is COC(CNC(=O)COc1ccc(Cl)cc1)c1ccccc1. The summed E-state index contributed by atoms with van der Waals surface area (Å²) in [6, 6.07) is 16.6. The molecule has 116 valence electrons. The first-order valence-corrected chi connectivity index (χ1v) is 7.29. The van der Waals surface area contributed by atoms with Crippen LogP contribution in [0, 0.1) is 0 Å². The Morgan fingerprint density at radius 2 is 1.82 bits per heavy atom. The largest absolute Gasteiger partial charge is 0.484 e. The number of rotatable bonds is 7. The van der Waals surface area contributed by atoms with Crippen molar-refractivity contribution in [1.29, 1.82) is 0 Å². The Labute approximate surface area is 135 Å². The molecule has 1 N–H and O–H groups in total. The lowest BCUT2D eigenvalue weighted by molar-refractivity contribution is -0.123. The van der Waals surface area contributed by atoms with Crippen molar-refractivity contribution in [2.24, 2.45) is 0 Å². The summed E-state index contributed by atoms with van der Waals surface area (Å²) in [5, 5.41) is 3.43. The van der Waals surface area contributed by atoms with Crippen LogP contribution in [0.25, 0.3) is 0 Å². The molecule has 0 fully saturated rings. The molecule has 1 atom stereocenters. The minimum Gasteiger partial charge on any atom is -0.484 e. The van der Waals surface area contributed by atoms with Gasteiger partial charge in [-0.05, 0) is 29.8 Å². The van der Waals surface area contributed by atoms with Gasteiger partial charge in [-0.25, -0.2) is 0 Å². The molecule has 0 aliphatic carbocycles. The van der Waals surface area contributed by atoms with Crippen molar-refractivity contribution in [2.75, 3.05) is 20.3 Å². The summed E-state index contributed by atoms with van der Waals surface area (Å²) >= 11 is 5.78. The second-order valence-electron chi connectivity index (χ2n) is 4.68. The van der Waals surface area contributed by atoms with Crippen LogP contribution in [0.4, 0.5) is 0 Å². The van der Waals surface area contributed by atoms with Gasteiger partial charge in [-0.15, -0.1) is 0 Å². The summed E-state index contributed by atoms with van der Waals surface area (Å²) in [4.78, 5) is 11.8. The maximum Gasteiger partial charge on any atom is 0.258 e. The van der Waals surface area contributed by atoms with Gasteiger partial charge in [-0.2, -0.15) is 0 Å². The van der Waals surface area contributed by atoms with Crippen LogP contribution in [0.2, 0.25) is 5.02 Å². The monoisotopic (exact) mass is 319 g/mol. The van der Waals surface area contributed by atoms with Crippen molar-refractivity contribution in [3.63, 3.8) is 0 Å². The van der Waals surface area contributed by atoms with Gasteiger partial charge in [0, 0.05) is 18.7 Å². The molecule has 0 aliphatic rings. The lowest BCUT2D eigenvalue weighted by Crippen LogP contribution is -2.33. The van der Waals surface area contributed by atoms with Crippen LogP contribution < -0.4 is 10.1 Å². The standard InChI is InChI=1S/C17H18ClNO3/c1-21-16(13-5-3-2-4-6-13)11-19-17(20)12-22-15-9-7-14(18)8-10-15/h2-10,16H,11-12H2,1H3,(H,19,20). The molecule has 0 saturated heterocycles. The van der Waals surface area contributed by atoms with Crippen molar-refractivity contribution in [3.8, 4) is 5.75 Å². The Morgan fingerprint density at radius 3 is 2.45 bits per heavy atom. The molecule has 0 heterocycles. The zero-order valence-corrected chi connectivity index (χ0v) is 13.0. The number of amides is 1. The quantitative estimate of drug-likeness (QED) is 0.852. The van der Waals surface area contributed by atoms with Crippen LogP contribution in [0.5, 0.6) is 5.75 Å². The maximum atomic E-state index is 11.8. The van der Waals surface area contributed by atoms with E-state index in [1.165, 1.54) is 0 Å². The smallest absolute Gasteiger partial charge is 0.258 e. The van der Waals surface area contributed by atoms with Crippen LogP contribution in [0.1, 0.15) is 11.7 Å². The molecule has 5 heteroatoms. The molecule has 2 aromatic carbocycles. The van der Waals surface area contributed by atoms with E-state index in [-0.39, 0.29) is 18.6 Å². The Kier molecular flexibility index (Phi) is 6.25. The van der Waals surface area contributed by atoms with E-state index in [0.717, 1.165) is 5.56 Å². The van der Waals surface area contributed by atoms with Gasteiger partial charge >= 0.3 is 0 Å². The van der Waals surface area contributed by atoms with E-state index in [4.69, 9.17) is 21.1 Å². The number of hydrogen-bond donors (Lipinski definition) is 1. The number of methoxy groups -OCH3 is 1. The van der Waals surface area contributed by atoms with Crippen LogP contribution >= 0.6 is 11.6 Å². The minimum atomic E-state index is -0.201. The lowest BCUT2D eigenvalue weighted by Gasteiger charge is -2.16. The number of benzene rings is 2. The molecule has 0 spiro atoms. The summed E-state index contributed by atoms with van der Waals surface area (Å²) in [7, 11) is 1.62. The van der Waals surface area contributed by atoms with Crippen LogP contribution in [-0.4, -0.2) is 26.2 Å². The molecule has 1 unspecified atom stereocenters. The normalized spacial score (nSPS) is 11.7. The third-order valence-corrected chi connectivity index (χ3v) is 3.38. The number of hydrogen-bond acceptors (Lipinski definition) is 3. The number of ether oxygens (including phenoxy) is 2. The third kappa shape index (κ3) is 5.06. The minimum absolute atomic E-state index is 0.0488. The first kappa shape index (κ1) is 16.3. The molecule has 2 aromatic rings. The molecule has 1 amide bonds. The van der Waals surface area contributed by atoms with E-state index < -0.39 is 0 Å². The van der Waals surface area contributed by atoms with Gasteiger partial charge < -0.3 is 14.8 Å². The summed E-state index contributed by atoms with van der Waals surface area (Å²) in [5.41, 5.74) is 1.02. The highest BCUT2D eigenvalue weighted by Gasteiger charge is 2.11. The first-order chi connectivity index (χ1) is 10.7. The average Bonchev–Trinajstić information content (AvgIpc) is 2.56. The molecule has 2 rings (SSSR count). The highest BCUT2D eigenvalue weighted by Crippen LogP contribution is 2.16.